The van der Waals surface area contributed by atoms with Gasteiger partial charge in [0.2, 0.25) is 0 Å². The Morgan fingerprint density at radius 1 is 1.10 bits per heavy atom. The molecular weight excluding hydrogens is 285 g/mol. The van der Waals surface area contributed by atoms with Crippen LogP contribution in [-0.4, -0.2) is 6.98 Å². The maximum atomic E-state index is 13.1. The zero-order valence-corrected chi connectivity index (χ0v) is 10.7. The third kappa shape index (κ3) is 3.54. The maximum Gasteiger partial charge on any atom is 0.513 e. The Morgan fingerprint density at radius 3 is 2.48 bits per heavy atom. The Bertz CT molecular complexity index is 694. The molecule has 0 aliphatic rings. The SMILES string of the molecule is N#Cc1ccccc1COc1cc(F)ccc1[B-](F)(F)F. The van der Waals surface area contributed by atoms with Crippen LogP contribution in [0.2, 0.25) is 0 Å². The van der Waals surface area contributed by atoms with Crippen LogP contribution in [0.4, 0.5) is 17.3 Å². The second-order valence-corrected chi connectivity index (χ2v) is 4.31. The number of hydrogen-bond acceptors (Lipinski definition) is 2. The molecule has 21 heavy (non-hydrogen) atoms. The van der Waals surface area contributed by atoms with Gasteiger partial charge in [-0.15, -0.1) is 0 Å². The van der Waals surface area contributed by atoms with Crippen molar-refractivity contribution in [3.63, 3.8) is 0 Å². The van der Waals surface area contributed by atoms with Crippen molar-refractivity contribution < 1.29 is 22.1 Å². The van der Waals surface area contributed by atoms with Gasteiger partial charge in [0.15, 0.2) is 0 Å². The van der Waals surface area contributed by atoms with Gasteiger partial charge in [-0.2, -0.15) is 5.26 Å². The molecule has 0 aliphatic carbocycles. The summed E-state index contributed by atoms with van der Waals surface area (Å²) in [6.45, 7) is -5.55. The van der Waals surface area contributed by atoms with Crippen LogP contribution in [0.25, 0.3) is 0 Å². The van der Waals surface area contributed by atoms with Crippen LogP contribution >= 0.6 is 0 Å². The second-order valence-electron chi connectivity index (χ2n) is 4.31. The summed E-state index contributed by atoms with van der Waals surface area (Å²) in [5.41, 5.74) is -0.260. The topological polar surface area (TPSA) is 33.0 Å². The second kappa shape index (κ2) is 5.88. The predicted molar refractivity (Wildman–Crippen MR) is 70.6 cm³/mol. The van der Waals surface area contributed by atoms with Crippen molar-refractivity contribution in [1.29, 1.82) is 5.26 Å². The fourth-order valence-corrected chi connectivity index (χ4v) is 1.81. The first-order valence-corrected chi connectivity index (χ1v) is 6.02. The third-order valence-electron chi connectivity index (χ3n) is 2.85. The number of nitrogens with zero attached hydrogens (tertiary/aromatic N) is 1. The van der Waals surface area contributed by atoms with E-state index in [1.54, 1.807) is 18.2 Å². The Balaban J connectivity index is 2.28. The van der Waals surface area contributed by atoms with Gasteiger partial charge < -0.3 is 17.7 Å². The Labute approximate surface area is 118 Å². The van der Waals surface area contributed by atoms with Gasteiger partial charge in [-0.3, -0.25) is 0 Å². The van der Waals surface area contributed by atoms with Crippen LogP contribution in [0.15, 0.2) is 42.5 Å². The van der Waals surface area contributed by atoms with E-state index in [0.29, 0.717) is 23.3 Å². The summed E-state index contributed by atoms with van der Waals surface area (Å²) in [4.78, 5) is 0. The molecule has 2 aromatic carbocycles. The fraction of sp³-hybridized carbons (Fsp3) is 0.0714. The number of halogens is 4. The Morgan fingerprint density at radius 2 is 1.81 bits per heavy atom. The van der Waals surface area contributed by atoms with Crippen LogP contribution in [0.5, 0.6) is 5.75 Å². The maximum absolute atomic E-state index is 13.1. The molecule has 2 nitrogen and oxygen atoms in total. The average molecular weight is 294 g/mol. The lowest BCUT2D eigenvalue weighted by atomic mass is 9.79. The Kier molecular flexibility index (Phi) is 4.17. The summed E-state index contributed by atoms with van der Waals surface area (Å²) in [5, 5.41) is 8.90. The van der Waals surface area contributed by atoms with E-state index in [1.807, 2.05) is 6.07 Å². The first-order chi connectivity index (χ1) is 9.91. The van der Waals surface area contributed by atoms with E-state index in [0.717, 1.165) is 6.07 Å². The molecule has 7 heteroatoms. The summed E-state index contributed by atoms with van der Waals surface area (Å²) < 4.78 is 56.8. The lowest BCUT2D eigenvalue weighted by Crippen LogP contribution is -2.35. The van der Waals surface area contributed by atoms with Crippen LogP contribution < -0.4 is 10.2 Å². The molecule has 0 radical (unpaired) electrons. The predicted octanol–water partition coefficient (Wildman–Crippen LogP) is 3.33. The molecule has 108 valence electrons. The van der Waals surface area contributed by atoms with Crippen LogP contribution in [0.3, 0.4) is 0 Å². The molecule has 0 amide bonds. The average Bonchev–Trinajstić information content (AvgIpc) is 2.44. The highest BCUT2D eigenvalue weighted by atomic mass is 19.4. The molecule has 0 fully saturated rings. The van der Waals surface area contributed by atoms with Gasteiger partial charge in [-0.1, -0.05) is 29.7 Å². The molecular formula is C14H9BF4NO-. The van der Waals surface area contributed by atoms with E-state index in [2.05, 4.69) is 0 Å². The molecule has 2 aromatic rings. The van der Waals surface area contributed by atoms with Crippen molar-refractivity contribution in [2.45, 2.75) is 6.61 Å². The molecule has 0 heterocycles. The smallest absolute Gasteiger partial charge is 0.492 e. The lowest BCUT2D eigenvalue weighted by Gasteiger charge is -2.20. The van der Waals surface area contributed by atoms with E-state index in [1.165, 1.54) is 6.07 Å². The van der Waals surface area contributed by atoms with Gasteiger partial charge >= 0.3 is 6.98 Å². The van der Waals surface area contributed by atoms with Crippen LogP contribution in [0.1, 0.15) is 11.1 Å². The van der Waals surface area contributed by atoms with Crippen LogP contribution in [-0.2, 0) is 6.61 Å². The van der Waals surface area contributed by atoms with Crippen molar-refractivity contribution in [3.05, 3.63) is 59.4 Å². The fourth-order valence-electron chi connectivity index (χ4n) is 1.81. The highest BCUT2D eigenvalue weighted by Gasteiger charge is 2.29. The molecule has 0 aliphatic heterocycles. The van der Waals surface area contributed by atoms with Crippen molar-refractivity contribution in [3.8, 4) is 11.8 Å². The zero-order chi connectivity index (χ0) is 15.5. The van der Waals surface area contributed by atoms with Gasteiger partial charge in [-0.05, 0) is 12.1 Å². The lowest BCUT2D eigenvalue weighted by molar-refractivity contribution is 0.305. The van der Waals surface area contributed by atoms with E-state index in [-0.39, 0.29) is 6.61 Å². The Hall–Kier alpha value is -2.49. The summed E-state index contributed by atoms with van der Waals surface area (Å²) >= 11 is 0. The van der Waals surface area contributed by atoms with Gasteiger partial charge in [0.05, 0.1) is 17.4 Å². The number of rotatable bonds is 4. The van der Waals surface area contributed by atoms with Gasteiger partial charge in [-0.25, -0.2) is 4.39 Å². The highest BCUT2D eigenvalue weighted by molar-refractivity contribution is 6.74. The van der Waals surface area contributed by atoms with E-state index in [9.17, 15) is 17.3 Å². The van der Waals surface area contributed by atoms with Crippen LogP contribution in [0, 0.1) is 17.1 Å². The van der Waals surface area contributed by atoms with E-state index in [4.69, 9.17) is 10.00 Å². The molecule has 0 aromatic heterocycles. The third-order valence-corrected chi connectivity index (χ3v) is 2.85. The first kappa shape index (κ1) is 14.9. The minimum absolute atomic E-state index is 0.244. The molecule has 0 saturated heterocycles. The number of hydrogen-bond donors (Lipinski definition) is 0. The molecule has 0 unspecified atom stereocenters. The van der Waals surface area contributed by atoms with Crippen molar-refractivity contribution >= 4 is 12.4 Å². The molecule has 0 N–H and O–H groups in total. The van der Waals surface area contributed by atoms with Gasteiger partial charge in [0, 0.05) is 11.6 Å². The molecule has 0 atom stereocenters. The standard InChI is InChI=1S/C14H9BF4NO/c16-12-5-6-13(15(17,18)19)14(7-12)21-9-11-4-2-1-3-10(11)8-20/h1-7H,9H2/q-1. The van der Waals surface area contributed by atoms with E-state index >= 15 is 0 Å². The summed E-state index contributed by atoms with van der Waals surface area (Å²) in [6, 6.07) is 10.4. The largest absolute Gasteiger partial charge is 0.513 e. The quantitative estimate of drug-likeness (QED) is 0.640. The minimum atomic E-state index is -5.31. The number of ether oxygens (including phenoxy) is 1. The molecule has 0 spiro atoms. The molecule has 0 saturated carbocycles. The van der Waals surface area contributed by atoms with Crippen molar-refractivity contribution in [1.82, 2.24) is 0 Å². The minimum Gasteiger partial charge on any atom is -0.492 e. The summed E-state index contributed by atoms with van der Waals surface area (Å²) in [5.74, 6) is -1.39. The number of benzene rings is 2. The van der Waals surface area contributed by atoms with Gasteiger partial charge in [0.25, 0.3) is 0 Å². The van der Waals surface area contributed by atoms with E-state index < -0.39 is 24.0 Å². The molecule has 2 rings (SSSR count). The van der Waals surface area contributed by atoms with Crippen molar-refractivity contribution in [2.24, 2.45) is 0 Å². The van der Waals surface area contributed by atoms with Crippen molar-refractivity contribution in [2.75, 3.05) is 0 Å². The molecule has 0 bridgehead atoms. The highest BCUT2D eigenvalue weighted by Crippen LogP contribution is 2.20. The normalized spacial score (nSPS) is 11.0. The summed E-state index contributed by atoms with van der Waals surface area (Å²) in [7, 11) is 0. The van der Waals surface area contributed by atoms with Gasteiger partial charge in [0.1, 0.15) is 12.4 Å². The summed E-state index contributed by atoms with van der Waals surface area (Å²) in [6.07, 6.45) is 0. The zero-order valence-electron chi connectivity index (χ0n) is 10.7. The first-order valence-electron chi connectivity index (χ1n) is 6.02. The number of nitriles is 1. The monoisotopic (exact) mass is 294 g/mol.